The molecule has 0 fully saturated rings. The van der Waals surface area contributed by atoms with Gasteiger partial charge in [-0.3, -0.25) is 9.36 Å². The van der Waals surface area contributed by atoms with Gasteiger partial charge in [-0.1, -0.05) is 24.3 Å². The number of primary amides is 1. The maximum absolute atomic E-state index is 13.5. The van der Waals surface area contributed by atoms with Crippen molar-refractivity contribution in [3.05, 3.63) is 83.3 Å². The van der Waals surface area contributed by atoms with Gasteiger partial charge in [-0.05, 0) is 30.7 Å². The van der Waals surface area contributed by atoms with Gasteiger partial charge in [-0.2, -0.15) is 13.2 Å². The number of imidazole rings is 1. The predicted molar refractivity (Wildman–Crippen MR) is 133 cm³/mol. The SMILES string of the molecule is C[C@@H](Oc1cc(-n2cnc3cc(-c4cnc(N)nc4)ccc32)sc1C(N)=O)c1ccccc1C(F)(F)F. The number of carbonyl (C=O) groups excluding carboxylic acids is 1. The van der Waals surface area contributed by atoms with Crippen molar-refractivity contribution in [3.8, 4) is 21.9 Å². The minimum Gasteiger partial charge on any atom is -0.484 e. The highest BCUT2D eigenvalue weighted by Gasteiger charge is 2.35. The maximum atomic E-state index is 13.5. The van der Waals surface area contributed by atoms with Crippen molar-refractivity contribution in [2.24, 2.45) is 5.73 Å². The van der Waals surface area contributed by atoms with Gasteiger partial charge in [0.1, 0.15) is 28.1 Å². The fraction of sp³-hybridized carbons (Fsp3) is 0.120. The molecule has 0 saturated carbocycles. The second-order valence-electron chi connectivity index (χ2n) is 8.14. The van der Waals surface area contributed by atoms with Crippen LogP contribution in [0.4, 0.5) is 19.1 Å². The number of halogens is 3. The molecule has 5 aromatic rings. The summed E-state index contributed by atoms with van der Waals surface area (Å²) in [6, 6.07) is 12.3. The lowest BCUT2D eigenvalue weighted by molar-refractivity contribution is -0.138. The molecule has 0 radical (unpaired) electrons. The van der Waals surface area contributed by atoms with E-state index in [0.29, 0.717) is 10.5 Å². The molecule has 4 N–H and O–H groups in total. The number of nitrogen functional groups attached to an aromatic ring is 1. The lowest BCUT2D eigenvalue weighted by Gasteiger charge is -2.19. The summed E-state index contributed by atoms with van der Waals surface area (Å²) in [5, 5.41) is 0.561. The van der Waals surface area contributed by atoms with Crippen molar-refractivity contribution in [3.63, 3.8) is 0 Å². The van der Waals surface area contributed by atoms with Crippen LogP contribution in [0.15, 0.2) is 67.3 Å². The van der Waals surface area contributed by atoms with Gasteiger partial charge in [0, 0.05) is 29.6 Å². The normalized spacial score (nSPS) is 12.5. The van der Waals surface area contributed by atoms with Gasteiger partial charge in [0.25, 0.3) is 5.91 Å². The van der Waals surface area contributed by atoms with E-state index in [4.69, 9.17) is 16.2 Å². The Balaban J connectivity index is 1.49. The Kier molecular flexibility index (Phi) is 6.04. The number of hydrogen-bond donors (Lipinski definition) is 2. The number of nitrogens with two attached hydrogens (primary N) is 2. The van der Waals surface area contributed by atoms with E-state index in [1.807, 2.05) is 18.2 Å². The largest absolute Gasteiger partial charge is 0.484 e. The number of fused-ring (bicyclic) bond motifs is 1. The molecule has 3 aromatic heterocycles. The van der Waals surface area contributed by atoms with E-state index in [9.17, 15) is 18.0 Å². The molecule has 5 rings (SSSR count). The molecule has 3 heterocycles. The minimum absolute atomic E-state index is 0.0505. The van der Waals surface area contributed by atoms with Crippen molar-refractivity contribution in [1.29, 1.82) is 0 Å². The van der Waals surface area contributed by atoms with Crippen molar-refractivity contribution in [2.75, 3.05) is 5.73 Å². The first-order valence-corrected chi connectivity index (χ1v) is 11.7. The van der Waals surface area contributed by atoms with Crippen LogP contribution in [-0.4, -0.2) is 25.4 Å². The number of anilines is 1. The van der Waals surface area contributed by atoms with E-state index >= 15 is 0 Å². The average molecular weight is 525 g/mol. The van der Waals surface area contributed by atoms with Gasteiger partial charge in [0.2, 0.25) is 5.95 Å². The lowest BCUT2D eigenvalue weighted by Crippen LogP contribution is -2.15. The zero-order valence-corrected chi connectivity index (χ0v) is 20.0. The molecule has 37 heavy (non-hydrogen) atoms. The second-order valence-corrected chi connectivity index (χ2v) is 9.17. The van der Waals surface area contributed by atoms with Crippen LogP contribution in [0.5, 0.6) is 5.75 Å². The molecule has 2 aromatic carbocycles. The molecule has 1 amide bonds. The highest BCUT2D eigenvalue weighted by atomic mass is 32.1. The Hall–Kier alpha value is -4.45. The first kappa shape index (κ1) is 24.3. The van der Waals surface area contributed by atoms with Crippen LogP contribution in [0.2, 0.25) is 0 Å². The fourth-order valence-electron chi connectivity index (χ4n) is 3.96. The number of rotatable bonds is 6. The molecular formula is C25H19F3N6O2S. The Morgan fingerprint density at radius 2 is 1.78 bits per heavy atom. The summed E-state index contributed by atoms with van der Waals surface area (Å²) in [7, 11) is 0. The number of carbonyl (C=O) groups is 1. The van der Waals surface area contributed by atoms with Crippen LogP contribution in [0.1, 0.15) is 33.8 Å². The van der Waals surface area contributed by atoms with E-state index in [1.54, 1.807) is 29.4 Å². The van der Waals surface area contributed by atoms with E-state index < -0.39 is 23.8 Å². The first-order valence-electron chi connectivity index (χ1n) is 10.9. The third kappa shape index (κ3) is 4.70. The van der Waals surface area contributed by atoms with Gasteiger partial charge < -0.3 is 16.2 Å². The number of aromatic nitrogens is 4. The molecule has 0 aliphatic carbocycles. The van der Waals surface area contributed by atoms with Gasteiger partial charge >= 0.3 is 6.18 Å². The average Bonchev–Trinajstić information content (AvgIpc) is 3.47. The van der Waals surface area contributed by atoms with Crippen molar-refractivity contribution >= 4 is 34.2 Å². The van der Waals surface area contributed by atoms with Crippen molar-refractivity contribution in [1.82, 2.24) is 19.5 Å². The summed E-state index contributed by atoms with van der Waals surface area (Å²) in [4.78, 5) is 24.7. The minimum atomic E-state index is -4.55. The van der Waals surface area contributed by atoms with Crippen molar-refractivity contribution in [2.45, 2.75) is 19.2 Å². The lowest BCUT2D eigenvalue weighted by atomic mass is 10.0. The first-order chi connectivity index (χ1) is 17.6. The van der Waals surface area contributed by atoms with E-state index in [2.05, 4.69) is 15.0 Å². The Labute approximate surface area is 212 Å². The van der Waals surface area contributed by atoms with Crippen LogP contribution in [0.25, 0.3) is 27.2 Å². The van der Waals surface area contributed by atoms with Crippen LogP contribution in [-0.2, 0) is 6.18 Å². The molecule has 1 atom stereocenters. The van der Waals surface area contributed by atoms with Gasteiger partial charge in [-0.15, -0.1) is 11.3 Å². The van der Waals surface area contributed by atoms with Gasteiger partial charge in [0.15, 0.2) is 0 Å². The number of ether oxygens (including phenoxy) is 1. The number of thiophene rings is 1. The quantitative estimate of drug-likeness (QED) is 0.307. The number of alkyl halides is 3. The second kappa shape index (κ2) is 9.21. The molecule has 0 bridgehead atoms. The number of amides is 1. The highest BCUT2D eigenvalue weighted by Crippen LogP contribution is 2.39. The molecule has 0 saturated heterocycles. The van der Waals surface area contributed by atoms with E-state index in [-0.39, 0.29) is 22.1 Å². The van der Waals surface area contributed by atoms with Crippen LogP contribution < -0.4 is 16.2 Å². The predicted octanol–water partition coefficient (Wildman–Crippen LogP) is 5.38. The Bertz CT molecular complexity index is 1610. The summed E-state index contributed by atoms with van der Waals surface area (Å²) in [6.07, 6.45) is -0.742. The molecule has 188 valence electrons. The Morgan fingerprint density at radius 1 is 1.05 bits per heavy atom. The molecule has 8 nitrogen and oxygen atoms in total. The molecule has 0 aliphatic heterocycles. The summed E-state index contributed by atoms with van der Waals surface area (Å²) < 4.78 is 48.1. The highest BCUT2D eigenvalue weighted by molar-refractivity contribution is 7.16. The summed E-state index contributed by atoms with van der Waals surface area (Å²) >= 11 is 1.06. The number of benzene rings is 2. The summed E-state index contributed by atoms with van der Waals surface area (Å²) in [6.45, 7) is 1.49. The number of nitrogens with zero attached hydrogens (tertiary/aromatic N) is 4. The van der Waals surface area contributed by atoms with E-state index in [1.165, 1.54) is 25.1 Å². The smallest absolute Gasteiger partial charge is 0.416 e. The molecule has 12 heteroatoms. The topological polar surface area (TPSA) is 122 Å². The third-order valence-corrected chi connectivity index (χ3v) is 6.84. The Morgan fingerprint density at radius 3 is 2.49 bits per heavy atom. The standard InChI is InChI=1S/C25H19F3N6O2S/c1-13(16-4-2-3-5-17(16)25(26,27)28)36-20-9-21(37-22(20)23(29)35)34-12-33-18-8-14(6-7-19(18)34)15-10-31-24(30)32-11-15/h2-13H,1H3,(H2,29,35)(H2,30,31,32)/t13-/m1/s1. The van der Waals surface area contributed by atoms with Crippen LogP contribution >= 0.6 is 11.3 Å². The van der Waals surface area contributed by atoms with Gasteiger partial charge in [-0.25, -0.2) is 15.0 Å². The molecular weight excluding hydrogens is 505 g/mol. The van der Waals surface area contributed by atoms with Gasteiger partial charge in [0.05, 0.1) is 16.6 Å². The third-order valence-electron chi connectivity index (χ3n) is 5.71. The monoisotopic (exact) mass is 524 g/mol. The summed E-state index contributed by atoms with van der Waals surface area (Å²) in [5.41, 5.74) is 13.3. The van der Waals surface area contributed by atoms with Crippen LogP contribution in [0, 0.1) is 0 Å². The van der Waals surface area contributed by atoms with E-state index in [0.717, 1.165) is 34.0 Å². The molecule has 0 spiro atoms. The zero-order valence-electron chi connectivity index (χ0n) is 19.2. The summed E-state index contributed by atoms with van der Waals surface area (Å²) in [5.74, 6) is -0.488. The maximum Gasteiger partial charge on any atom is 0.416 e. The van der Waals surface area contributed by atoms with Crippen molar-refractivity contribution < 1.29 is 22.7 Å². The fourth-order valence-corrected chi connectivity index (χ4v) is 4.89. The molecule has 0 aliphatic rings. The zero-order chi connectivity index (χ0) is 26.3. The van der Waals surface area contributed by atoms with Crippen LogP contribution in [0.3, 0.4) is 0 Å². The number of hydrogen-bond acceptors (Lipinski definition) is 7. The molecule has 0 unspecified atom stereocenters.